The molecule has 1 aliphatic heterocycles. The van der Waals surface area contributed by atoms with Crippen LogP contribution in [0.2, 0.25) is 0 Å². The molecule has 1 aromatic heterocycles. The third kappa shape index (κ3) is 3.15. The van der Waals surface area contributed by atoms with Crippen molar-refractivity contribution < 1.29 is 14.3 Å². The molecule has 0 radical (unpaired) electrons. The van der Waals surface area contributed by atoms with Gasteiger partial charge in [0.05, 0.1) is 13.5 Å². The van der Waals surface area contributed by atoms with Gasteiger partial charge in [0.1, 0.15) is 18.7 Å². The second-order valence-electron chi connectivity index (χ2n) is 5.01. The highest BCUT2D eigenvalue weighted by molar-refractivity contribution is 5.81. The minimum absolute atomic E-state index is 0.0240. The van der Waals surface area contributed by atoms with E-state index < -0.39 is 6.04 Å². The SMILES string of the molecule is COC(=O)CC1CCCCN1C(=O)C(C)n1cncn1. The summed E-state index contributed by atoms with van der Waals surface area (Å²) in [6.07, 6.45) is 6.03. The van der Waals surface area contributed by atoms with Crippen molar-refractivity contribution >= 4 is 11.9 Å². The summed E-state index contributed by atoms with van der Waals surface area (Å²) in [6.45, 7) is 2.47. The third-order valence-electron chi connectivity index (χ3n) is 3.73. The topological polar surface area (TPSA) is 77.3 Å². The van der Waals surface area contributed by atoms with Crippen molar-refractivity contribution in [3.63, 3.8) is 0 Å². The van der Waals surface area contributed by atoms with Crippen LogP contribution in [0.4, 0.5) is 0 Å². The van der Waals surface area contributed by atoms with Gasteiger partial charge in [-0.2, -0.15) is 5.10 Å². The summed E-state index contributed by atoms with van der Waals surface area (Å²) in [5, 5.41) is 4.00. The summed E-state index contributed by atoms with van der Waals surface area (Å²) < 4.78 is 6.24. The highest BCUT2D eigenvalue weighted by Gasteiger charge is 2.32. The van der Waals surface area contributed by atoms with Gasteiger partial charge in [0.15, 0.2) is 0 Å². The number of methoxy groups -OCH3 is 1. The zero-order chi connectivity index (χ0) is 14.5. The molecule has 0 aliphatic carbocycles. The lowest BCUT2D eigenvalue weighted by atomic mass is 9.98. The van der Waals surface area contributed by atoms with Gasteiger partial charge in [-0.15, -0.1) is 0 Å². The molecule has 2 atom stereocenters. The molecule has 1 aromatic rings. The van der Waals surface area contributed by atoms with E-state index >= 15 is 0 Å². The van der Waals surface area contributed by atoms with Crippen LogP contribution in [0.5, 0.6) is 0 Å². The Morgan fingerprint density at radius 2 is 2.25 bits per heavy atom. The Morgan fingerprint density at radius 1 is 1.45 bits per heavy atom. The van der Waals surface area contributed by atoms with Crippen LogP contribution in [0.15, 0.2) is 12.7 Å². The maximum absolute atomic E-state index is 12.6. The van der Waals surface area contributed by atoms with Gasteiger partial charge in [0, 0.05) is 12.6 Å². The number of aromatic nitrogens is 3. The average Bonchev–Trinajstić information content (AvgIpc) is 3.00. The summed E-state index contributed by atoms with van der Waals surface area (Å²) in [7, 11) is 1.37. The van der Waals surface area contributed by atoms with E-state index in [1.807, 2.05) is 0 Å². The minimum Gasteiger partial charge on any atom is -0.469 e. The number of likely N-dealkylation sites (tertiary alicyclic amines) is 1. The Morgan fingerprint density at radius 3 is 2.90 bits per heavy atom. The molecule has 7 heteroatoms. The molecule has 0 aromatic carbocycles. The summed E-state index contributed by atoms with van der Waals surface area (Å²) in [5.41, 5.74) is 0. The minimum atomic E-state index is -0.407. The van der Waals surface area contributed by atoms with Gasteiger partial charge in [0.25, 0.3) is 0 Å². The summed E-state index contributed by atoms with van der Waals surface area (Å²) in [5.74, 6) is -0.299. The van der Waals surface area contributed by atoms with E-state index in [0.717, 1.165) is 19.3 Å². The molecule has 2 heterocycles. The second kappa shape index (κ2) is 6.49. The van der Waals surface area contributed by atoms with Crippen LogP contribution in [0.25, 0.3) is 0 Å². The quantitative estimate of drug-likeness (QED) is 0.762. The summed E-state index contributed by atoms with van der Waals surface area (Å²) in [4.78, 5) is 29.7. The fourth-order valence-corrected chi connectivity index (χ4v) is 2.55. The molecule has 7 nitrogen and oxygen atoms in total. The third-order valence-corrected chi connectivity index (χ3v) is 3.73. The average molecular weight is 280 g/mol. The largest absolute Gasteiger partial charge is 0.469 e. The van der Waals surface area contributed by atoms with E-state index in [-0.39, 0.29) is 24.3 Å². The van der Waals surface area contributed by atoms with Crippen LogP contribution >= 0.6 is 0 Å². The Bertz CT molecular complexity index is 460. The van der Waals surface area contributed by atoms with E-state index in [1.165, 1.54) is 24.4 Å². The maximum atomic E-state index is 12.6. The van der Waals surface area contributed by atoms with Crippen molar-refractivity contribution in [1.29, 1.82) is 0 Å². The predicted octanol–water partition coefficient (Wildman–Crippen LogP) is 0.783. The van der Waals surface area contributed by atoms with Gasteiger partial charge in [-0.25, -0.2) is 9.67 Å². The van der Waals surface area contributed by atoms with Gasteiger partial charge in [-0.1, -0.05) is 0 Å². The van der Waals surface area contributed by atoms with E-state index in [4.69, 9.17) is 4.74 Å². The number of hydrogen-bond donors (Lipinski definition) is 0. The Labute approximate surface area is 117 Å². The van der Waals surface area contributed by atoms with Gasteiger partial charge >= 0.3 is 5.97 Å². The van der Waals surface area contributed by atoms with Gasteiger partial charge in [0.2, 0.25) is 5.91 Å². The number of rotatable bonds is 4. The smallest absolute Gasteiger partial charge is 0.307 e. The molecule has 1 aliphatic rings. The highest BCUT2D eigenvalue weighted by Crippen LogP contribution is 2.23. The monoisotopic (exact) mass is 280 g/mol. The Hall–Kier alpha value is -1.92. The van der Waals surface area contributed by atoms with Gasteiger partial charge < -0.3 is 9.64 Å². The number of carbonyl (C=O) groups excluding carboxylic acids is 2. The van der Waals surface area contributed by atoms with Crippen molar-refractivity contribution in [1.82, 2.24) is 19.7 Å². The standard InChI is InChI=1S/C13H20N4O3/c1-10(17-9-14-8-15-17)13(19)16-6-4-3-5-11(16)7-12(18)20-2/h8-11H,3-7H2,1-2H3. The first-order valence-electron chi connectivity index (χ1n) is 6.85. The van der Waals surface area contributed by atoms with E-state index in [1.54, 1.807) is 11.8 Å². The zero-order valence-electron chi connectivity index (χ0n) is 11.9. The van der Waals surface area contributed by atoms with Crippen molar-refractivity contribution in [2.45, 2.75) is 44.7 Å². The number of carbonyl (C=O) groups is 2. The fraction of sp³-hybridized carbons (Fsp3) is 0.692. The van der Waals surface area contributed by atoms with Crippen LogP contribution < -0.4 is 0 Å². The molecular formula is C13H20N4O3. The van der Waals surface area contributed by atoms with Crippen molar-refractivity contribution in [2.75, 3.05) is 13.7 Å². The first kappa shape index (κ1) is 14.5. The molecule has 110 valence electrons. The molecule has 0 saturated carbocycles. The lowest BCUT2D eigenvalue weighted by Crippen LogP contribution is -2.47. The number of ether oxygens (including phenoxy) is 1. The first-order chi connectivity index (χ1) is 9.63. The van der Waals surface area contributed by atoms with Crippen molar-refractivity contribution in [2.24, 2.45) is 0 Å². The predicted molar refractivity (Wildman–Crippen MR) is 70.7 cm³/mol. The molecule has 1 amide bonds. The number of nitrogens with zero attached hydrogens (tertiary/aromatic N) is 4. The van der Waals surface area contributed by atoms with Crippen LogP contribution in [0, 0.1) is 0 Å². The molecule has 1 fully saturated rings. The Kier molecular flexibility index (Phi) is 4.70. The number of amides is 1. The van der Waals surface area contributed by atoms with E-state index in [9.17, 15) is 9.59 Å². The van der Waals surface area contributed by atoms with Gasteiger partial charge in [-0.3, -0.25) is 9.59 Å². The molecular weight excluding hydrogens is 260 g/mol. The highest BCUT2D eigenvalue weighted by atomic mass is 16.5. The Balaban J connectivity index is 2.07. The number of piperidine rings is 1. The zero-order valence-corrected chi connectivity index (χ0v) is 11.9. The second-order valence-corrected chi connectivity index (χ2v) is 5.01. The fourth-order valence-electron chi connectivity index (χ4n) is 2.55. The molecule has 2 rings (SSSR count). The molecule has 0 bridgehead atoms. The molecule has 2 unspecified atom stereocenters. The first-order valence-corrected chi connectivity index (χ1v) is 6.85. The molecule has 20 heavy (non-hydrogen) atoms. The van der Waals surface area contributed by atoms with E-state index in [2.05, 4.69) is 10.1 Å². The molecule has 0 spiro atoms. The lowest BCUT2D eigenvalue weighted by molar-refractivity contribution is -0.145. The normalized spacial score (nSPS) is 20.5. The summed E-state index contributed by atoms with van der Waals surface area (Å²) >= 11 is 0. The maximum Gasteiger partial charge on any atom is 0.307 e. The van der Waals surface area contributed by atoms with Crippen LogP contribution in [-0.4, -0.2) is 51.2 Å². The molecule has 0 N–H and O–H groups in total. The van der Waals surface area contributed by atoms with Crippen LogP contribution in [0.3, 0.4) is 0 Å². The van der Waals surface area contributed by atoms with Crippen LogP contribution in [0.1, 0.15) is 38.6 Å². The van der Waals surface area contributed by atoms with E-state index in [0.29, 0.717) is 6.54 Å². The molecule has 1 saturated heterocycles. The number of esters is 1. The number of hydrogen-bond acceptors (Lipinski definition) is 5. The van der Waals surface area contributed by atoms with Crippen molar-refractivity contribution in [3.8, 4) is 0 Å². The van der Waals surface area contributed by atoms with Gasteiger partial charge in [-0.05, 0) is 26.2 Å². The van der Waals surface area contributed by atoms with Crippen LogP contribution in [-0.2, 0) is 14.3 Å². The summed E-state index contributed by atoms with van der Waals surface area (Å²) in [6, 6.07) is -0.481. The lowest BCUT2D eigenvalue weighted by Gasteiger charge is -2.36. The van der Waals surface area contributed by atoms with Crippen molar-refractivity contribution in [3.05, 3.63) is 12.7 Å².